The Labute approximate surface area is 254 Å². The van der Waals surface area contributed by atoms with Gasteiger partial charge in [0.25, 0.3) is 5.91 Å². The maximum atomic E-state index is 13.7. The Bertz CT molecular complexity index is 1440. The van der Waals surface area contributed by atoms with E-state index < -0.39 is 22.2 Å². The van der Waals surface area contributed by atoms with E-state index in [0.717, 1.165) is 24.0 Å². The van der Waals surface area contributed by atoms with Gasteiger partial charge < -0.3 is 21.1 Å². The van der Waals surface area contributed by atoms with Crippen molar-refractivity contribution in [2.45, 2.75) is 57.7 Å². The summed E-state index contributed by atoms with van der Waals surface area (Å²) in [5.41, 5.74) is 3.54. The standard InChI is InChI=1S/C32H41ClN4O4S/c1-3-34-28-19-26(20-29(21-28)37-14-7-8-15-42(37,40)41)32(39)36-30(18-24-10-5-4-6-11-24)31(38)22-35-23(2)16-25-12-9-13-27(33)17-25/h4-6,9-13,17,19-21,23,30-31,34-35,38H,3,7-8,14-16,18,22H2,1-2H3,(H,36,39)/t23?,30-,31+/m0/s1. The van der Waals surface area contributed by atoms with Gasteiger partial charge in [0.2, 0.25) is 10.0 Å². The van der Waals surface area contributed by atoms with Crippen LogP contribution in [-0.4, -0.2) is 63.0 Å². The molecular formula is C32H41ClN4O4S. The molecule has 1 saturated heterocycles. The monoisotopic (exact) mass is 612 g/mol. The lowest BCUT2D eigenvalue weighted by atomic mass is 9.99. The van der Waals surface area contributed by atoms with E-state index in [1.807, 2.05) is 68.4 Å². The number of anilines is 2. The van der Waals surface area contributed by atoms with Crippen LogP contribution >= 0.6 is 11.6 Å². The minimum Gasteiger partial charge on any atom is -0.390 e. The van der Waals surface area contributed by atoms with Crippen LogP contribution in [0.15, 0.2) is 72.8 Å². The summed E-state index contributed by atoms with van der Waals surface area (Å²) >= 11 is 6.13. The number of rotatable bonds is 13. The largest absolute Gasteiger partial charge is 0.390 e. The van der Waals surface area contributed by atoms with Crippen molar-refractivity contribution in [2.24, 2.45) is 0 Å². The first-order valence-corrected chi connectivity index (χ1v) is 16.5. The Balaban J connectivity index is 1.52. The van der Waals surface area contributed by atoms with Gasteiger partial charge in [0.05, 0.1) is 23.6 Å². The Hall–Kier alpha value is -3.11. The van der Waals surface area contributed by atoms with Gasteiger partial charge in [-0.2, -0.15) is 0 Å². The van der Waals surface area contributed by atoms with E-state index in [-0.39, 0.29) is 24.2 Å². The van der Waals surface area contributed by atoms with Crippen LogP contribution in [-0.2, 0) is 22.9 Å². The number of amides is 1. The molecule has 4 rings (SSSR count). The van der Waals surface area contributed by atoms with E-state index in [4.69, 9.17) is 11.6 Å². The topological polar surface area (TPSA) is 111 Å². The molecule has 4 N–H and O–H groups in total. The van der Waals surface area contributed by atoms with Gasteiger partial charge in [-0.1, -0.05) is 54.1 Å². The van der Waals surface area contributed by atoms with E-state index in [1.165, 1.54) is 4.31 Å². The third-order valence-electron chi connectivity index (χ3n) is 7.38. The van der Waals surface area contributed by atoms with Gasteiger partial charge in [-0.3, -0.25) is 9.10 Å². The summed E-state index contributed by atoms with van der Waals surface area (Å²) < 4.78 is 27.0. The lowest BCUT2D eigenvalue weighted by Gasteiger charge is -2.29. The molecule has 0 radical (unpaired) electrons. The van der Waals surface area contributed by atoms with Crippen molar-refractivity contribution in [1.29, 1.82) is 0 Å². The number of aliphatic hydroxyl groups is 1. The van der Waals surface area contributed by atoms with E-state index in [1.54, 1.807) is 18.2 Å². The molecule has 0 aromatic heterocycles. The fraction of sp³-hybridized carbons (Fsp3) is 0.406. The number of hydrogen-bond donors (Lipinski definition) is 4. The summed E-state index contributed by atoms with van der Waals surface area (Å²) in [7, 11) is -3.45. The highest BCUT2D eigenvalue weighted by Crippen LogP contribution is 2.28. The van der Waals surface area contributed by atoms with Crippen molar-refractivity contribution in [2.75, 3.05) is 35.0 Å². The number of sulfonamides is 1. The molecule has 10 heteroatoms. The van der Waals surface area contributed by atoms with E-state index in [0.29, 0.717) is 47.9 Å². The summed E-state index contributed by atoms with van der Waals surface area (Å²) in [5, 5.41) is 21.6. The maximum Gasteiger partial charge on any atom is 0.251 e. The van der Waals surface area contributed by atoms with Crippen molar-refractivity contribution >= 4 is 38.9 Å². The van der Waals surface area contributed by atoms with Crippen LogP contribution in [0.2, 0.25) is 5.02 Å². The number of carbonyl (C=O) groups excluding carboxylic acids is 1. The number of hydrogen-bond acceptors (Lipinski definition) is 6. The molecule has 1 aliphatic heterocycles. The fourth-order valence-corrected chi connectivity index (χ4v) is 7.06. The zero-order chi connectivity index (χ0) is 30.1. The van der Waals surface area contributed by atoms with Crippen LogP contribution in [0.4, 0.5) is 11.4 Å². The predicted molar refractivity (Wildman–Crippen MR) is 171 cm³/mol. The molecule has 8 nitrogen and oxygen atoms in total. The van der Waals surface area contributed by atoms with Crippen molar-refractivity contribution in [3.05, 3.63) is 94.5 Å². The Morgan fingerprint density at radius 3 is 2.48 bits per heavy atom. The Kier molecular flexibility index (Phi) is 11.3. The van der Waals surface area contributed by atoms with Crippen LogP contribution in [0.25, 0.3) is 0 Å². The highest BCUT2D eigenvalue weighted by atomic mass is 35.5. The van der Waals surface area contributed by atoms with Crippen molar-refractivity contribution in [3.8, 4) is 0 Å². The lowest BCUT2D eigenvalue weighted by molar-refractivity contribution is 0.0826. The molecule has 0 aliphatic carbocycles. The van der Waals surface area contributed by atoms with Gasteiger partial charge >= 0.3 is 0 Å². The average molecular weight is 613 g/mol. The second kappa shape index (κ2) is 14.9. The van der Waals surface area contributed by atoms with Crippen molar-refractivity contribution in [1.82, 2.24) is 10.6 Å². The van der Waals surface area contributed by atoms with Crippen LogP contribution in [0.5, 0.6) is 0 Å². The number of nitrogens with one attached hydrogen (secondary N) is 3. The molecule has 0 spiro atoms. The fourth-order valence-electron chi connectivity index (χ4n) is 5.23. The van der Waals surface area contributed by atoms with E-state index in [9.17, 15) is 18.3 Å². The highest BCUT2D eigenvalue weighted by Gasteiger charge is 2.28. The van der Waals surface area contributed by atoms with Gasteiger partial charge in [0.15, 0.2) is 0 Å². The van der Waals surface area contributed by atoms with E-state index in [2.05, 4.69) is 16.0 Å². The molecule has 1 heterocycles. The molecule has 1 amide bonds. The molecule has 0 saturated carbocycles. The molecule has 1 fully saturated rings. The SMILES string of the molecule is CCNc1cc(C(=O)N[C@@H](Cc2ccccc2)[C@H](O)CNC(C)Cc2cccc(Cl)c2)cc(N2CCCCS2(=O)=O)c1. The molecule has 226 valence electrons. The molecule has 42 heavy (non-hydrogen) atoms. The third-order valence-corrected chi connectivity index (χ3v) is 9.49. The summed E-state index contributed by atoms with van der Waals surface area (Å²) in [5.74, 6) is -0.286. The van der Waals surface area contributed by atoms with Gasteiger partial charge in [-0.15, -0.1) is 0 Å². The lowest BCUT2D eigenvalue weighted by Crippen LogP contribution is -2.50. The number of carbonyl (C=O) groups is 1. The summed E-state index contributed by atoms with van der Waals surface area (Å²) in [6.45, 7) is 5.25. The number of nitrogens with zero attached hydrogens (tertiary/aromatic N) is 1. The van der Waals surface area contributed by atoms with Crippen LogP contribution < -0.4 is 20.3 Å². The maximum absolute atomic E-state index is 13.7. The Morgan fingerprint density at radius 2 is 1.76 bits per heavy atom. The molecule has 3 atom stereocenters. The Morgan fingerprint density at radius 1 is 1.00 bits per heavy atom. The molecule has 0 bridgehead atoms. The summed E-state index contributed by atoms with van der Waals surface area (Å²) in [6, 6.07) is 22.0. The first-order chi connectivity index (χ1) is 20.1. The smallest absolute Gasteiger partial charge is 0.251 e. The van der Waals surface area contributed by atoms with E-state index >= 15 is 0 Å². The van der Waals surface area contributed by atoms with Gasteiger partial charge in [0, 0.05) is 41.9 Å². The first-order valence-electron chi connectivity index (χ1n) is 14.5. The minimum atomic E-state index is -3.45. The summed E-state index contributed by atoms with van der Waals surface area (Å²) in [4.78, 5) is 13.7. The number of benzene rings is 3. The van der Waals surface area contributed by atoms with Crippen LogP contribution in [0.3, 0.4) is 0 Å². The highest BCUT2D eigenvalue weighted by molar-refractivity contribution is 7.92. The number of halogens is 1. The van der Waals surface area contributed by atoms with Gasteiger partial charge in [-0.05, 0) is 81.0 Å². The second-order valence-corrected chi connectivity index (χ2v) is 13.3. The average Bonchev–Trinajstić information content (AvgIpc) is 2.96. The predicted octanol–water partition coefficient (Wildman–Crippen LogP) is 4.62. The normalized spacial score (nSPS) is 16.8. The van der Waals surface area contributed by atoms with Crippen molar-refractivity contribution in [3.63, 3.8) is 0 Å². The molecule has 3 aromatic carbocycles. The van der Waals surface area contributed by atoms with Crippen LogP contribution in [0.1, 0.15) is 48.2 Å². The molecule has 3 aromatic rings. The minimum absolute atomic E-state index is 0.0667. The van der Waals surface area contributed by atoms with Gasteiger partial charge in [0.1, 0.15) is 0 Å². The molecule has 1 unspecified atom stereocenters. The van der Waals surface area contributed by atoms with Crippen LogP contribution in [0, 0.1) is 0 Å². The first kappa shape index (κ1) is 31.8. The molecule has 1 aliphatic rings. The quantitative estimate of drug-likeness (QED) is 0.224. The molecular weight excluding hydrogens is 572 g/mol. The number of aliphatic hydroxyl groups excluding tert-OH is 1. The van der Waals surface area contributed by atoms with Crippen molar-refractivity contribution < 1.29 is 18.3 Å². The third kappa shape index (κ3) is 8.94. The zero-order valence-corrected chi connectivity index (χ0v) is 25.8. The zero-order valence-electron chi connectivity index (χ0n) is 24.2. The second-order valence-electron chi connectivity index (χ2n) is 10.9. The summed E-state index contributed by atoms with van der Waals surface area (Å²) in [6.07, 6.45) is 1.68. The van der Waals surface area contributed by atoms with Gasteiger partial charge in [-0.25, -0.2) is 8.42 Å².